The molecule has 0 aromatic heterocycles. The summed E-state index contributed by atoms with van der Waals surface area (Å²) < 4.78 is 0. The lowest BCUT2D eigenvalue weighted by molar-refractivity contribution is -0.415. The third-order valence-corrected chi connectivity index (χ3v) is 0.866. The molecule has 0 heterocycles. The monoisotopic (exact) mass is 334 g/mol. The second-order valence-electron chi connectivity index (χ2n) is 2.80. The van der Waals surface area contributed by atoms with E-state index in [0.29, 0.717) is 19.3 Å². The van der Waals surface area contributed by atoms with Crippen LogP contribution in [0.2, 0.25) is 0 Å². The van der Waals surface area contributed by atoms with Gasteiger partial charge in [-0.25, -0.2) is 0 Å². The minimum absolute atomic E-state index is 0.583. The zero-order valence-electron chi connectivity index (χ0n) is 12.7. The Kier molecular flexibility index (Phi) is 59.5. The molecule has 0 aliphatic carbocycles. The molecule has 0 spiro atoms. The molecule has 0 rings (SSSR count). The average Bonchev–Trinajstić information content (AvgIpc) is 2.41. The molecule has 0 saturated carbocycles. The Balaban J connectivity index is -0.0000000589. The summed E-state index contributed by atoms with van der Waals surface area (Å²) in [6.07, 6.45) is -2.67. The predicted molar refractivity (Wildman–Crippen MR) is 67.4 cm³/mol. The fraction of sp³-hybridized carbons (Fsp3) is 0.545. The van der Waals surface area contributed by atoms with Gasteiger partial charge in [0.05, 0.1) is 57.1 Å². The van der Waals surface area contributed by atoms with Gasteiger partial charge in [0.25, 0.3) is 0 Å². The van der Waals surface area contributed by atoms with Gasteiger partial charge < -0.3 is 47.2 Å². The molecule has 0 radical (unpaired) electrons. The first kappa shape index (κ1) is 32.0. The van der Waals surface area contributed by atoms with Crippen LogP contribution in [-0.4, -0.2) is 37.1 Å². The van der Waals surface area contributed by atoms with Gasteiger partial charge in [0.15, 0.2) is 0 Å². The summed E-state index contributed by atoms with van der Waals surface area (Å²) >= 11 is 0. The van der Waals surface area contributed by atoms with E-state index in [0.717, 1.165) is 19.6 Å². The highest BCUT2D eigenvalue weighted by molar-refractivity contribution is 5.50. The van der Waals surface area contributed by atoms with Gasteiger partial charge in [-0.2, -0.15) is 15.8 Å². The number of carbonyl (C=O) groups excluding carboxylic acids is 1. The Hall–Kier alpha value is -3.11. The number of hydrogen-bond donors (Lipinski definition) is 4. The van der Waals surface area contributed by atoms with Crippen molar-refractivity contribution in [2.24, 2.45) is 0 Å². The highest BCUT2D eigenvalue weighted by atomic mass is 16.6. The van der Waals surface area contributed by atoms with Gasteiger partial charge in [-0.15, -0.1) is 0 Å². The third-order valence-electron chi connectivity index (χ3n) is 0.866. The molecule has 0 fully saturated rings. The van der Waals surface area contributed by atoms with Crippen LogP contribution in [0.1, 0.15) is 19.3 Å². The second kappa shape index (κ2) is 42.8. The van der Waals surface area contributed by atoms with Gasteiger partial charge in [0.2, 0.25) is 6.16 Å². The molecular formula is C11H22N6O6. The van der Waals surface area contributed by atoms with Crippen LogP contribution in [0, 0.1) is 34.0 Å². The lowest BCUT2D eigenvalue weighted by Gasteiger charge is -1.96. The second-order valence-corrected chi connectivity index (χ2v) is 2.80. The minimum atomic E-state index is -2.33. The number of quaternary nitrogens is 3. The van der Waals surface area contributed by atoms with E-state index in [-0.39, 0.29) is 0 Å². The zero-order valence-corrected chi connectivity index (χ0v) is 12.7. The van der Waals surface area contributed by atoms with Crippen molar-refractivity contribution in [2.75, 3.05) is 19.6 Å². The fourth-order valence-corrected chi connectivity index (χ4v) is 0.237. The lowest BCUT2D eigenvalue weighted by Crippen LogP contribution is -2.49. The van der Waals surface area contributed by atoms with E-state index in [9.17, 15) is 0 Å². The molecule has 132 valence electrons. The Bertz CT molecular complexity index is 313. The maximum atomic E-state index is 8.44. The van der Waals surface area contributed by atoms with Gasteiger partial charge in [-0.05, 0) is 6.16 Å². The summed E-state index contributed by atoms with van der Waals surface area (Å²) in [5, 5.41) is 55.3. The van der Waals surface area contributed by atoms with E-state index >= 15 is 0 Å². The van der Waals surface area contributed by atoms with Gasteiger partial charge in [0.1, 0.15) is 0 Å². The standard InChI is InChI=1S/3C3H6N2.2CH2O3/c3*4-2-1-3-5;2*2-1(3)4/h3*1-2,4H2;2*(H2,2,3,4). The number of rotatable bonds is 3. The molecular weight excluding hydrogens is 312 g/mol. The van der Waals surface area contributed by atoms with E-state index in [1.807, 2.05) is 18.2 Å². The molecule has 12 nitrogen and oxygen atoms in total. The topological polar surface area (TPSA) is 278 Å². The van der Waals surface area contributed by atoms with Crippen molar-refractivity contribution < 1.29 is 47.2 Å². The summed E-state index contributed by atoms with van der Waals surface area (Å²) in [5.41, 5.74) is 10.4. The third kappa shape index (κ3) is 645. The Morgan fingerprint density at radius 2 is 0.913 bits per heavy atom. The molecule has 0 aliphatic rings. The maximum Gasteiger partial charge on any atom is 0.249 e. The van der Waals surface area contributed by atoms with Crippen molar-refractivity contribution in [2.45, 2.75) is 19.3 Å². The van der Waals surface area contributed by atoms with E-state index in [4.69, 9.17) is 45.8 Å². The van der Waals surface area contributed by atoms with E-state index in [1.165, 1.54) is 0 Å². The maximum absolute atomic E-state index is 8.44. The van der Waals surface area contributed by atoms with Crippen molar-refractivity contribution in [3.05, 3.63) is 0 Å². The highest BCUT2D eigenvalue weighted by Crippen LogP contribution is 1.57. The fourth-order valence-electron chi connectivity index (χ4n) is 0.237. The molecule has 0 aromatic carbocycles. The summed E-state index contributed by atoms with van der Waals surface area (Å²) in [6, 6.07) is 5.86. The Morgan fingerprint density at radius 3 is 0.913 bits per heavy atom. The van der Waals surface area contributed by atoms with Crippen LogP contribution in [-0.2, 0) is 0 Å². The minimum Gasteiger partial charge on any atom is -0.652 e. The van der Waals surface area contributed by atoms with Gasteiger partial charge in [-0.3, -0.25) is 0 Å². The molecule has 12 heteroatoms. The number of nitriles is 3. The van der Waals surface area contributed by atoms with Crippen molar-refractivity contribution >= 4 is 12.3 Å². The van der Waals surface area contributed by atoms with Crippen LogP contribution in [0.5, 0.6) is 0 Å². The largest absolute Gasteiger partial charge is 0.652 e. The lowest BCUT2D eigenvalue weighted by atomic mass is 10.5. The van der Waals surface area contributed by atoms with Crippen molar-refractivity contribution in [1.29, 1.82) is 15.8 Å². The van der Waals surface area contributed by atoms with Crippen LogP contribution in [0.3, 0.4) is 0 Å². The quantitative estimate of drug-likeness (QED) is 0.381. The van der Waals surface area contributed by atoms with Crippen LogP contribution in [0.25, 0.3) is 0 Å². The molecule has 0 bridgehead atoms. The van der Waals surface area contributed by atoms with E-state index in [1.54, 1.807) is 0 Å². The Labute approximate surface area is 133 Å². The predicted octanol–water partition coefficient (Wildman–Crippen LogP) is -6.13. The van der Waals surface area contributed by atoms with Crippen molar-refractivity contribution in [1.82, 2.24) is 0 Å². The van der Waals surface area contributed by atoms with Crippen molar-refractivity contribution in [3.63, 3.8) is 0 Å². The molecule has 0 amide bonds. The number of nitrogens with zero attached hydrogens (tertiary/aromatic N) is 3. The van der Waals surface area contributed by atoms with Gasteiger partial charge in [-0.1, -0.05) is 0 Å². The molecule has 0 aromatic rings. The van der Waals surface area contributed by atoms with Crippen LogP contribution in [0.15, 0.2) is 0 Å². The first-order valence-electron chi connectivity index (χ1n) is 5.98. The van der Waals surface area contributed by atoms with Gasteiger partial charge >= 0.3 is 0 Å². The normalized spacial score (nSPS) is 6.26. The van der Waals surface area contributed by atoms with Gasteiger partial charge in [0, 0.05) is 0 Å². The van der Waals surface area contributed by atoms with Crippen molar-refractivity contribution in [3.8, 4) is 18.2 Å². The first-order chi connectivity index (χ1) is 10.7. The van der Waals surface area contributed by atoms with E-state index in [2.05, 4.69) is 17.2 Å². The summed E-state index contributed by atoms with van der Waals surface area (Å²) in [5.74, 6) is 0. The van der Waals surface area contributed by atoms with Crippen LogP contribution in [0.4, 0.5) is 9.59 Å². The average molecular weight is 334 g/mol. The van der Waals surface area contributed by atoms with Crippen LogP contribution < -0.4 is 32.5 Å². The summed E-state index contributed by atoms with van der Waals surface area (Å²) in [6.45, 7) is 2.20. The summed E-state index contributed by atoms with van der Waals surface area (Å²) in [7, 11) is 0. The zero-order chi connectivity index (χ0) is 19.5. The molecule has 0 aliphatic heterocycles. The molecule has 10 N–H and O–H groups in total. The Morgan fingerprint density at radius 1 is 0.783 bits per heavy atom. The number of carbonyl (C=O) groups is 2. The SMILES string of the molecule is N#CCC[NH3+].N#CCC[NH3+].N#CCC[NH3+].O=C([O-])O.O=C([O-])[O-]. The molecule has 0 saturated heterocycles. The highest BCUT2D eigenvalue weighted by Gasteiger charge is 1.69. The van der Waals surface area contributed by atoms with E-state index < -0.39 is 12.3 Å². The molecule has 23 heavy (non-hydrogen) atoms. The molecule has 0 unspecified atom stereocenters. The molecule has 0 atom stereocenters. The number of hydrogen-bond acceptors (Lipinski definition) is 8. The first-order valence-corrected chi connectivity index (χ1v) is 5.98. The smallest absolute Gasteiger partial charge is 0.249 e. The van der Waals surface area contributed by atoms with Crippen LogP contribution >= 0.6 is 0 Å². The number of carboxylic acid groups (broad SMARTS) is 4. The summed E-state index contributed by atoms with van der Waals surface area (Å²) in [4.78, 5) is 16.8.